The van der Waals surface area contributed by atoms with Crippen LogP contribution in [-0.4, -0.2) is 34.5 Å². The van der Waals surface area contributed by atoms with Gasteiger partial charge in [0.2, 0.25) is 5.91 Å². The highest BCUT2D eigenvalue weighted by Gasteiger charge is 2.33. The lowest BCUT2D eigenvalue weighted by molar-refractivity contribution is -0.384. The average Bonchev–Trinajstić information content (AvgIpc) is 3.02. The predicted molar refractivity (Wildman–Crippen MR) is 88.1 cm³/mol. The van der Waals surface area contributed by atoms with Crippen molar-refractivity contribution in [2.45, 2.75) is 37.9 Å². The maximum atomic E-state index is 12.7. The molecule has 0 unspecified atom stereocenters. The number of anilines is 1. The number of rotatable bonds is 7. The fourth-order valence-corrected chi connectivity index (χ4v) is 2.96. The maximum Gasteiger partial charge on any atom is 0.416 e. The second-order valence-electron chi connectivity index (χ2n) is 6.28. The number of nitro benzene ring substituents is 1. The SMILES string of the molecule is O=C(CCNc1ccc(C(F)(F)F)cc1[N+](=O)[O-])N[C@H]1CC[C@@H](C(=O)O)C1. The molecule has 8 nitrogen and oxygen atoms in total. The highest BCUT2D eigenvalue weighted by Crippen LogP contribution is 2.35. The summed E-state index contributed by atoms with van der Waals surface area (Å²) in [5, 5.41) is 25.2. The van der Waals surface area contributed by atoms with Gasteiger partial charge in [0.1, 0.15) is 5.69 Å². The Morgan fingerprint density at radius 3 is 2.56 bits per heavy atom. The van der Waals surface area contributed by atoms with Crippen molar-refractivity contribution < 1.29 is 32.8 Å². The van der Waals surface area contributed by atoms with Crippen LogP contribution in [0.25, 0.3) is 0 Å². The van der Waals surface area contributed by atoms with Gasteiger partial charge in [-0.15, -0.1) is 0 Å². The molecule has 0 saturated heterocycles. The predicted octanol–water partition coefficient (Wildman–Crippen LogP) is 2.79. The Labute approximate surface area is 151 Å². The van der Waals surface area contributed by atoms with Crippen LogP contribution in [0.3, 0.4) is 0 Å². The Morgan fingerprint density at radius 2 is 2.00 bits per heavy atom. The van der Waals surface area contributed by atoms with Gasteiger partial charge in [-0.2, -0.15) is 13.2 Å². The van der Waals surface area contributed by atoms with Crippen LogP contribution in [0.5, 0.6) is 0 Å². The van der Waals surface area contributed by atoms with E-state index < -0.39 is 34.2 Å². The number of carbonyl (C=O) groups excluding carboxylic acids is 1. The highest BCUT2D eigenvalue weighted by atomic mass is 19.4. The zero-order chi connectivity index (χ0) is 20.2. The van der Waals surface area contributed by atoms with E-state index in [-0.39, 0.29) is 30.6 Å². The standard InChI is InChI=1S/C16H18F3N3O5/c17-16(18,19)10-2-4-12(13(8-10)22(26)27)20-6-5-14(23)21-11-3-1-9(7-11)15(24)25/h2,4,8-9,11,20H,1,3,5-7H2,(H,21,23)(H,24,25)/t9-,11+/m1/s1. The Hall–Kier alpha value is -2.85. The first kappa shape index (κ1) is 20.5. The average molecular weight is 389 g/mol. The summed E-state index contributed by atoms with van der Waals surface area (Å²) in [7, 11) is 0. The van der Waals surface area contributed by atoms with Gasteiger partial charge in [0.15, 0.2) is 0 Å². The molecule has 1 amide bonds. The van der Waals surface area contributed by atoms with Crippen molar-refractivity contribution in [1.29, 1.82) is 0 Å². The van der Waals surface area contributed by atoms with Crippen LogP contribution in [0.4, 0.5) is 24.5 Å². The zero-order valence-electron chi connectivity index (χ0n) is 14.1. The first-order valence-electron chi connectivity index (χ1n) is 8.19. The van der Waals surface area contributed by atoms with Crippen LogP contribution in [0, 0.1) is 16.0 Å². The van der Waals surface area contributed by atoms with Crippen LogP contribution in [0.2, 0.25) is 0 Å². The van der Waals surface area contributed by atoms with Crippen molar-refractivity contribution in [3.05, 3.63) is 33.9 Å². The molecule has 0 heterocycles. The van der Waals surface area contributed by atoms with E-state index in [0.29, 0.717) is 25.3 Å². The largest absolute Gasteiger partial charge is 0.481 e. The number of alkyl halides is 3. The molecule has 1 fully saturated rings. The molecule has 1 aliphatic carbocycles. The van der Waals surface area contributed by atoms with Crippen LogP contribution in [-0.2, 0) is 15.8 Å². The number of benzene rings is 1. The van der Waals surface area contributed by atoms with E-state index in [1.807, 2.05) is 0 Å². The van der Waals surface area contributed by atoms with E-state index in [2.05, 4.69) is 10.6 Å². The quantitative estimate of drug-likeness (QED) is 0.487. The number of hydrogen-bond donors (Lipinski definition) is 3. The molecule has 0 aromatic heterocycles. The van der Waals surface area contributed by atoms with Crippen molar-refractivity contribution in [1.82, 2.24) is 5.32 Å². The molecular formula is C16H18F3N3O5. The molecule has 1 aromatic carbocycles. The molecule has 1 aromatic rings. The smallest absolute Gasteiger partial charge is 0.416 e. The Kier molecular flexibility index (Phi) is 6.24. The fourth-order valence-electron chi connectivity index (χ4n) is 2.96. The molecule has 2 atom stereocenters. The van der Waals surface area contributed by atoms with Gasteiger partial charge in [0, 0.05) is 25.1 Å². The maximum absolute atomic E-state index is 12.7. The van der Waals surface area contributed by atoms with E-state index in [1.54, 1.807) is 0 Å². The van der Waals surface area contributed by atoms with Crippen LogP contribution in [0.15, 0.2) is 18.2 Å². The lowest BCUT2D eigenvalue weighted by Crippen LogP contribution is -2.34. The van der Waals surface area contributed by atoms with Crippen molar-refractivity contribution in [2.24, 2.45) is 5.92 Å². The Balaban J connectivity index is 1.88. The van der Waals surface area contributed by atoms with E-state index in [1.165, 1.54) is 0 Å². The molecule has 0 aliphatic heterocycles. The first-order chi connectivity index (χ1) is 12.6. The fraction of sp³-hybridized carbons (Fsp3) is 0.500. The summed E-state index contributed by atoms with van der Waals surface area (Å²) in [6.45, 7) is -0.0207. The molecule has 3 N–H and O–H groups in total. The van der Waals surface area contributed by atoms with Gasteiger partial charge < -0.3 is 15.7 Å². The molecule has 0 spiro atoms. The molecule has 0 radical (unpaired) electrons. The van der Waals surface area contributed by atoms with Gasteiger partial charge in [-0.1, -0.05) is 0 Å². The summed E-state index contributed by atoms with van der Waals surface area (Å²) < 4.78 is 38.0. The minimum Gasteiger partial charge on any atom is -0.481 e. The zero-order valence-corrected chi connectivity index (χ0v) is 14.1. The van der Waals surface area contributed by atoms with Gasteiger partial charge in [0.05, 0.1) is 16.4 Å². The van der Waals surface area contributed by atoms with E-state index >= 15 is 0 Å². The third-order valence-electron chi connectivity index (χ3n) is 4.34. The third-order valence-corrected chi connectivity index (χ3v) is 4.34. The number of carboxylic acid groups (broad SMARTS) is 1. The van der Waals surface area contributed by atoms with E-state index in [9.17, 15) is 32.9 Å². The second kappa shape index (κ2) is 8.23. The summed E-state index contributed by atoms with van der Waals surface area (Å²) in [6.07, 6.45) is -3.37. The third kappa shape index (κ3) is 5.56. The van der Waals surface area contributed by atoms with Gasteiger partial charge in [-0.25, -0.2) is 0 Å². The second-order valence-corrected chi connectivity index (χ2v) is 6.28. The van der Waals surface area contributed by atoms with Crippen molar-refractivity contribution in [3.8, 4) is 0 Å². The van der Waals surface area contributed by atoms with Crippen molar-refractivity contribution in [3.63, 3.8) is 0 Å². The summed E-state index contributed by atoms with van der Waals surface area (Å²) in [6, 6.07) is 1.87. The minimum atomic E-state index is -4.70. The molecule has 148 valence electrons. The van der Waals surface area contributed by atoms with Crippen LogP contribution < -0.4 is 10.6 Å². The highest BCUT2D eigenvalue weighted by molar-refractivity contribution is 5.77. The Morgan fingerprint density at radius 1 is 1.30 bits per heavy atom. The number of amides is 1. The van der Waals surface area contributed by atoms with E-state index in [0.717, 1.165) is 12.1 Å². The number of nitro groups is 1. The summed E-state index contributed by atoms with van der Waals surface area (Å²) in [5.74, 6) is -1.75. The van der Waals surface area contributed by atoms with Crippen LogP contribution >= 0.6 is 0 Å². The monoisotopic (exact) mass is 389 g/mol. The first-order valence-corrected chi connectivity index (χ1v) is 8.19. The number of halogens is 3. The summed E-state index contributed by atoms with van der Waals surface area (Å²) in [4.78, 5) is 32.8. The molecular weight excluding hydrogens is 371 g/mol. The number of nitrogens with one attached hydrogen (secondary N) is 2. The number of hydrogen-bond acceptors (Lipinski definition) is 5. The molecule has 0 bridgehead atoms. The number of carbonyl (C=O) groups is 2. The summed E-state index contributed by atoms with van der Waals surface area (Å²) in [5.41, 5.74) is -1.98. The molecule has 27 heavy (non-hydrogen) atoms. The lowest BCUT2D eigenvalue weighted by Gasteiger charge is -2.13. The van der Waals surface area contributed by atoms with Gasteiger partial charge in [0.25, 0.3) is 5.69 Å². The molecule has 11 heteroatoms. The normalized spacial score (nSPS) is 19.5. The van der Waals surface area contributed by atoms with Crippen LogP contribution in [0.1, 0.15) is 31.2 Å². The Bertz CT molecular complexity index is 739. The number of carboxylic acids is 1. The molecule has 2 rings (SSSR count). The minimum absolute atomic E-state index is 0.0207. The lowest BCUT2D eigenvalue weighted by atomic mass is 10.1. The number of aliphatic carboxylic acids is 1. The van der Waals surface area contributed by atoms with Gasteiger partial charge in [-0.05, 0) is 31.4 Å². The number of nitrogens with zero attached hydrogens (tertiary/aromatic N) is 1. The van der Waals surface area contributed by atoms with Gasteiger partial charge in [-0.3, -0.25) is 19.7 Å². The van der Waals surface area contributed by atoms with E-state index in [4.69, 9.17) is 5.11 Å². The molecule has 1 saturated carbocycles. The van der Waals surface area contributed by atoms with Crippen molar-refractivity contribution in [2.75, 3.05) is 11.9 Å². The van der Waals surface area contributed by atoms with Gasteiger partial charge >= 0.3 is 12.1 Å². The van der Waals surface area contributed by atoms with Crippen molar-refractivity contribution >= 4 is 23.3 Å². The topological polar surface area (TPSA) is 122 Å². The molecule has 1 aliphatic rings. The summed E-state index contributed by atoms with van der Waals surface area (Å²) >= 11 is 0.